The van der Waals surface area contributed by atoms with Crippen LogP contribution < -0.4 is 37.2 Å². The number of allylic oxidation sites excluding steroid dienone is 1. The van der Waals surface area contributed by atoms with E-state index in [2.05, 4.69) is 43.8 Å². The number of nitrogens with zero attached hydrogens (tertiary/aromatic N) is 1. The van der Waals surface area contributed by atoms with E-state index in [1.165, 1.54) is 0 Å². The van der Waals surface area contributed by atoms with Crippen LogP contribution in [0, 0.1) is 16.2 Å². The van der Waals surface area contributed by atoms with Gasteiger partial charge in [-0.25, -0.2) is 0 Å². The number of Topliss-reactive ketones (excluding diaryl/α,β-unsaturated/α-hetero) is 2. The van der Waals surface area contributed by atoms with E-state index in [0.29, 0.717) is 58.5 Å². The lowest BCUT2D eigenvalue weighted by molar-refractivity contribution is -0.129. The molecule has 7 N–H and O–H groups in total. The van der Waals surface area contributed by atoms with Crippen molar-refractivity contribution >= 4 is 47.0 Å². The Morgan fingerprint density at radius 2 is 0.793 bits per heavy atom. The molecule has 0 saturated carbocycles. The Labute approximate surface area is 347 Å². The first-order valence-corrected chi connectivity index (χ1v) is 20.7. The van der Waals surface area contributed by atoms with Gasteiger partial charge in [0.15, 0.2) is 0 Å². The quantitative estimate of drug-likeness (QED) is 0.0524. The standard InChI is InChI=1S/C42H76N8O8/c1-31(40(2,3)4)43-22-23-45-34(53)16-15-32(51)13-12-28-50(29-26-47-37(56)19-17-35(54)44-21-11-14-33(52)41(5,6)7)30-27-48-38(57)20-18-36(55)46-24-25-49-39(58)42(8,9)10/h43H,1,11-30H2,2-10H3,(H,44,54)(H,45,53)(H,46,55)(H,47,56)(H,48,57)(H,49,58). The Morgan fingerprint density at radius 3 is 1.22 bits per heavy atom. The maximum Gasteiger partial charge on any atom is 0.225 e. The summed E-state index contributed by atoms with van der Waals surface area (Å²) >= 11 is 0. The van der Waals surface area contributed by atoms with Crippen LogP contribution in [0.4, 0.5) is 0 Å². The minimum atomic E-state index is -0.528. The second kappa shape index (κ2) is 28.1. The largest absolute Gasteiger partial charge is 0.387 e. The highest BCUT2D eigenvalue weighted by molar-refractivity contribution is 5.86. The van der Waals surface area contributed by atoms with E-state index in [9.17, 15) is 38.4 Å². The van der Waals surface area contributed by atoms with Gasteiger partial charge in [0, 0.05) is 132 Å². The summed E-state index contributed by atoms with van der Waals surface area (Å²) < 4.78 is 0. The van der Waals surface area contributed by atoms with E-state index in [4.69, 9.17) is 0 Å². The summed E-state index contributed by atoms with van der Waals surface area (Å²) in [4.78, 5) is 100. The first-order valence-electron chi connectivity index (χ1n) is 20.7. The molecular formula is C42H76N8O8. The number of carbonyl (C=O) groups excluding carboxylic acids is 8. The van der Waals surface area contributed by atoms with Crippen LogP contribution in [0.2, 0.25) is 0 Å². The number of hydrogen-bond donors (Lipinski definition) is 7. The molecular weight excluding hydrogens is 745 g/mol. The van der Waals surface area contributed by atoms with E-state index >= 15 is 0 Å². The smallest absolute Gasteiger partial charge is 0.225 e. The highest BCUT2D eigenvalue weighted by Gasteiger charge is 2.21. The molecule has 0 aliphatic carbocycles. The van der Waals surface area contributed by atoms with Crippen molar-refractivity contribution < 1.29 is 38.4 Å². The number of hydrogen-bond acceptors (Lipinski definition) is 10. The van der Waals surface area contributed by atoms with E-state index in [-0.39, 0.29) is 124 Å². The van der Waals surface area contributed by atoms with E-state index in [0.717, 1.165) is 5.70 Å². The fourth-order valence-electron chi connectivity index (χ4n) is 4.99. The van der Waals surface area contributed by atoms with Gasteiger partial charge in [-0.05, 0) is 19.4 Å². The van der Waals surface area contributed by atoms with Crippen molar-refractivity contribution in [1.29, 1.82) is 0 Å². The Hall–Kier alpha value is -4.34. The molecule has 0 radical (unpaired) electrons. The zero-order valence-electron chi connectivity index (χ0n) is 37.1. The number of ketones is 2. The summed E-state index contributed by atoms with van der Waals surface area (Å²) in [6.45, 7) is 24.9. The van der Waals surface area contributed by atoms with Gasteiger partial charge >= 0.3 is 0 Å². The first-order chi connectivity index (χ1) is 26.9. The molecule has 6 amide bonds. The molecule has 0 spiro atoms. The number of rotatable bonds is 30. The Bertz CT molecular complexity index is 1200. The zero-order valence-corrected chi connectivity index (χ0v) is 37.1. The average Bonchev–Trinajstić information content (AvgIpc) is 3.12. The lowest BCUT2D eigenvalue weighted by atomic mass is 9.88. The number of nitrogens with one attached hydrogen (secondary N) is 7. The normalized spacial score (nSPS) is 11.6. The molecule has 16 heteroatoms. The molecule has 0 atom stereocenters. The summed E-state index contributed by atoms with van der Waals surface area (Å²) in [7, 11) is 0. The van der Waals surface area contributed by atoms with Crippen molar-refractivity contribution in [3.05, 3.63) is 12.3 Å². The monoisotopic (exact) mass is 821 g/mol. The molecule has 0 aromatic heterocycles. The summed E-state index contributed by atoms with van der Waals surface area (Å²) in [5.41, 5.74) is -0.150. The summed E-state index contributed by atoms with van der Waals surface area (Å²) in [6.07, 6.45) is 1.93. The molecule has 0 aromatic carbocycles. The molecule has 0 aromatic rings. The molecule has 0 saturated heterocycles. The zero-order chi connectivity index (χ0) is 44.4. The molecule has 0 unspecified atom stereocenters. The van der Waals surface area contributed by atoms with Gasteiger partial charge in [-0.15, -0.1) is 0 Å². The fraction of sp³-hybridized carbons (Fsp3) is 0.762. The number of carbonyl (C=O) groups is 8. The van der Waals surface area contributed by atoms with Crippen LogP contribution in [0.15, 0.2) is 12.3 Å². The van der Waals surface area contributed by atoms with Gasteiger partial charge in [-0.2, -0.15) is 0 Å². The van der Waals surface area contributed by atoms with Gasteiger partial charge in [0.05, 0.1) is 0 Å². The van der Waals surface area contributed by atoms with Crippen LogP contribution in [-0.4, -0.2) is 117 Å². The van der Waals surface area contributed by atoms with Crippen molar-refractivity contribution in [2.24, 2.45) is 16.2 Å². The van der Waals surface area contributed by atoms with Crippen LogP contribution in [0.5, 0.6) is 0 Å². The first kappa shape index (κ1) is 53.7. The van der Waals surface area contributed by atoms with Crippen molar-refractivity contribution in [3.8, 4) is 0 Å². The van der Waals surface area contributed by atoms with E-state index in [1.807, 2.05) is 46.4 Å². The number of amides is 6. The van der Waals surface area contributed by atoms with Crippen molar-refractivity contribution in [3.63, 3.8) is 0 Å². The minimum absolute atomic E-state index is 0.00628. The van der Waals surface area contributed by atoms with Gasteiger partial charge < -0.3 is 37.2 Å². The highest BCUT2D eigenvalue weighted by Crippen LogP contribution is 2.20. The van der Waals surface area contributed by atoms with Gasteiger partial charge in [-0.3, -0.25) is 43.3 Å². The third-order valence-corrected chi connectivity index (χ3v) is 9.06. The van der Waals surface area contributed by atoms with Gasteiger partial charge in [0.2, 0.25) is 35.4 Å². The summed E-state index contributed by atoms with van der Waals surface area (Å²) in [5.74, 6) is -1.38. The Balaban J connectivity index is 4.78. The molecule has 0 bridgehead atoms. The van der Waals surface area contributed by atoms with Crippen LogP contribution >= 0.6 is 0 Å². The van der Waals surface area contributed by atoms with E-state index in [1.54, 1.807) is 20.8 Å². The predicted octanol–water partition coefficient (Wildman–Crippen LogP) is 2.27. The lowest BCUT2D eigenvalue weighted by Gasteiger charge is -2.23. The minimum Gasteiger partial charge on any atom is -0.387 e. The molecule has 58 heavy (non-hydrogen) atoms. The summed E-state index contributed by atoms with van der Waals surface area (Å²) in [6, 6.07) is 0. The molecule has 0 fully saturated rings. The maximum absolute atomic E-state index is 12.6. The fourth-order valence-corrected chi connectivity index (χ4v) is 4.99. The van der Waals surface area contributed by atoms with Crippen LogP contribution in [0.3, 0.4) is 0 Å². The highest BCUT2D eigenvalue weighted by atomic mass is 16.2. The van der Waals surface area contributed by atoms with Crippen LogP contribution in [0.1, 0.15) is 127 Å². The SMILES string of the molecule is C=C(NCCNC(=O)CCC(=O)CCCN(CCNC(=O)CCC(=O)NCCCC(=O)C(C)(C)C)CCNC(=O)CCC(=O)NCCNC(=O)C(C)(C)C)C(C)(C)C. The maximum atomic E-state index is 12.6. The third kappa shape index (κ3) is 29.0. The van der Waals surface area contributed by atoms with Crippen LogP contribution in [0.25, 0.3) is 0 Å². The van der Waals surface area contributed by atoms with Crippen LogP contribution in [-0.2, 0) is 38.4 Å². The van der Waals surface area contributed by atoms with Gasteiger partial charge in [-0.1, -0.05) is 68.9 Å². The topological polar surface area (TPSA) is 224 Å². The average molecular weight is 821 g/mol. The van der Waals surface area contributed by atoms with E-state index < -0.39 is 10.8 Å². The predicted molar refractivity (Wildman–Crippen MR) is 226 cm³/mol. The van der Waals surface area contributed by atoms with Gasteiger partial charge in [0.1, 0.15) is 11.6 Å². The molecule has 0 heterocycles. The Morgan fingerprint density at radius 1 is 0.397 bits per heavy atom. The summed E-state index contributed by atoms with van der Waals surface area (Å²) in [5, 5.41) is 19.8. The molecule has 0 rings (SSSR count). The van der Waals surface area contributed by atoms with Gasteiger partial charge in [0.25, 0.3) is 0 Å². The van der Waals surface area contributed by atoms with Crippen molar-refractivity contribution in [1.82, 2.24) is 42.1 Å². The van der Waals surface area contributed by atoms with Crippen molar-refractivity contribution in [2.45, 2.75) is 127 Å². The third-order valence-electron chi connectivity index (χ3n) is 9.06. The van der Waals surface area contributed by atoms with Crippen molar-refractivity contribution in [2.75, 3.05) is 65.4 Å². The molecule has 0 aliphatic rings. The molecule has 332 valence electrons. The molecule has 16 nitrogen and oxygen atoms in total. The second-order valence-corrected chi connectivity index (χ2v) is 17.7. The second-order valence-electron chi connectivity index (χ2n) is 17.7. The molecule has 0 aliphatic heterocycles. The Kier molecular flexibility index (Phi) is 26.0. The lowest BCUT2D eigenvalue weighted by Crippen LogP contribution is -2.41.